The Morgan fingerprint density at radius 3 is 2.71 bits per heavy atom. The standard InChI is InChI=1S/C10H15NO2S/c11-10-4-2-1-3-8(10)6-14-7-9(13)5-12/h1-4,9,12-13H,5-7,11H2. The van der Waals surface area contributed by atoms with Crippen molar-refractivity contribution in [2.24, 2.45) is 0 Å². The molecule has 0 aliphatic carbocycles. The lowest BCUT2D eigenvalue weighted by atomic mass is 10.2. The van der Waals surface area contributed by atoms with Crippen LogP contribution in [0.15, 0.2) is 24.3 Å². The van der Waals surface area contributed by atoms with Crippen LogP contribution in [0.2, 0.25) is 0 Å². The Hall–Kier alpha value is -0.710. The van der Waals surface area contributed by atoms with Gasteiger partial charge in [-0.25, -0.2) is 0 Å². The molecule has 0 amide bonds. The number of thioether (sulfide) groups is 1. The number of para-hydroxylation sites is 1. The summed E-state index contributed by atoms with van der Waals surface area (Å²) < 4.78 is 0. The smallest absolute Gasteiger partial charge is 0.0861 e. The highest BCUT2D eigenvalue weighted by Crippen LogP contribution is 2.18. The largest absolute Gasteiger partial charge is 0.398 e. The van der Waals surface area contributed by atoms with E-state index in [1.54, 1.807) is 11.8 Å². The second-order valence-electron chi connectivity index (χ2n) is 3.05. The fourth-order valence-corrected chi connectivity index (χ4v) is 2.00. The van der Waals surface area contributed by atoms with Crippen LogP contribution < -0.4 is 5.73 Å². The zero-order chi connectivity index (χ0) is 10.4. The van der Waals surface area contributed by atoms with Crippen molar-refractivity contribution in [3.8, 4) is 0 Å². The van der Waals surface area contributed by atoms with Gasteiger partial charge in [0.15, 0.2) is 0 Å². The predicted octanol–water partition coefficient (Wildman–Crippen LogP) is 0.855. The lowest BCUT2D eigenvalue weighted by Gasteiger charge is -2.07. The second kappa shape index (κ2) is 5.90. The van der Waals surface area contributed by atoms with E-state index < -0.39 is 6.10 Å². The summed E-state index contributed by atoms with van der Waals surface area (Å²) in [6.45, 7) is -0.183. The summed E-state index contributed by atoms with van der Waals surface area (Å²) in [6.07, 6.45) is -0.634. The van der Waals surface area contributed by atoms with Crippen molar-refractivity contribution < 1.29 is 10.2 Å². The number of aliphatic hydroxyl groups excluding tert-OH is 2. The van der Waals surface area contributed by atoms with Crippen molar-refractivity contribution in [1.82, 2.24) is 0 Å². The molecule has 0 aliphatic heterocycles. The van der Waals surface area contributed by atoms with Gasteiger partial charge in [0.1, 0.15) is 0 Å². The Bertz CT molecular complexity index is 281. The van der Waals surface area contributed by atoms with Crippen molar-refractivity contribution in [3.63, 3.8) is 0 Å². The molecule has 0 spiro atoms. The molecule has 0 radical (unpaired) electrons. The molecule has 1 unspecified atom stereocenters. The van der Waals surface area contributed by atoms with Crippen LogP contribution in [0.3, 0.4) is 0 Å². The minimum atomic E-state index is -0.634. The number of hydrogen-bond donors (Lipinski definition) is 3. The van der Waals surface area contributed by atoms with Crippen LogP contribution in [0.25, 0.3) is 0 Å². The molecule has 0 bridgehead atoms. The molecule has 3 nitrogen and oxygen atoms in total. The molecule has 1 aromatic carbocycles. The third kappa shape index (κ3) is 3.57. The van der Waals surface area contributed by atoms with Gasteiger partial charge in [-0.2, -0.15) is 11.8 Å². The minimum absolute atomic E-state index is 0.183. The van der Waals surface area contributed by atoms with E-state index in [2.05, 4.69) is 0 Å². The highest BCUT2D eigenvalue weighted by Gasteiger charge is 2.03. The van der Waals surface area contributed by atoms with Gasteiger partial charge in [0, 0.05) is 17.2 Å². The van der Waals surface area contributed by atoms with E-state index in [-0.39, 0.29) is 6.61 Å². The third-order valence-corrected chi connectivity index (χ3v) is 2.97. The van der Waals surface area contributed by atoms with Crippen LogP contribution >= 0.6 is 11.8 Å². The molecule has 4 heteroatoms. The second-order valence-corrected chi connectivity index (χ2v) is 4.08. The zero-order valence-electron chi connectivity index (χ0n) is 7.89. The third-order valence-electron chi connectivity index (χ3n) is 1.83. The Kier molecular flexibility index (Phi) is 4.79. The van der Waals surface area contributed by atoms with E-state index >= 15 is 0 Å². The van der Waals surface area contributed by atoms with Gasteiger partial charge in [-0.3, -0.25) is 0 Å². The molecule has 14 heavy (non-hydrogen) atoms. The van der Waals surface area contributed by atoms with E-state index in [9.17, 15) is 0 Å². The van der Waals surface area contributed by atoms with E-state index in [4.69, 9.17) is 15.9 Å². The fourth-order valence-electron chi connectivity index (χ4n) is 1.02. The average Bonchev–Trinajstić information content (AvgIpc) is 2.20. The van der Waals surface area contributed by atoms with Gasteiger partial charge < -0.3 is 15.9 Å². The lowest BCUT2D eigenvalue weighted by Crippen LogP contribution is -2.14. The van der Waals surface area contributed by atoms with E-state index in [1.165, 1.54) is 0 Å². The Morgan fingerprint density at radius 1 is 1.36 bits per heavy atom. The summed E-state index contributed by atoms with van der Waals surface area (Å²) >= 11 is 1.56. The quantitative estimate of drug-likeness (QED) is 0.635. The maximum Gasteiger partial charge on any atom is 0.0861 e. The molecule has 1 rings (SSSR count). The molecular weight excluding hydrogens is 198 g/mol. The van der Waals surface area contributed by atoms with Crippen molar-refractivity contribution in [1.29, 1.82) is 0 Å². The number of anilines is 1. The highest BCUT2D eigenvalue weighted by atomic mass is 32.2. The number of rotatable bonds is 5. The van der Waals surface area contributed by atoms with E-state index in [0.717, 1.165) is 17.0 Å². The monoisotopic (exact) mass is 213 g/mol. The summed E-state index contributed by atoms with van der Waals surface area (Å²) in [5.41, 5.74) is 7.59. The molecule has 1 aromatic rings. The first-order valence-corrected chi connectivity index (χ1v) is 5.59. The number of nitrogens with two attached hydrogens (primary N) is 1. The van der Waals surface area contributed by atoms with E-state index in [0.29, 0.717) is 5.75 Å². The topological polar surface area (TPSA) is 66.5 Å². The first-order chi connectivity index (χ1) is 6.74. The molecule has 1 atom stereocenters. The Labute approximate surface area is 87.9 Å². The lowest BCUT2D eigenvalue weighted by molar-refractivity contribution is 0.113. The maximum atomic E-state index is 9.10. The molecule has 0 fully saturated rings. The number of hydrogen-bond acceptors (Lipinski definition) is 4. The number of aliphatic hydroxyl groups is 2. The summed E-state index contributed by atoms with van der Waals surface area (Å²) in [5, 5.41) is 17.7. The molecule has 4 N–H and O–H groups in total. The van der Waals surface area contributed by atoms with Gasteiger partial charge in [0.2, 0.25) is 0 Å². The van der Waals surface area contributed by atoms with Gasteiger partial charge >= 0.3 is 0 Å². The molecule has 0 aromatic heterocycles. The molecule has 78 valence electrons. The van der Waals surface area contributed by atoms with Crippen molar-refractivity contribution in [3.05, 3.63) is 29.8 Å². The predicted molar refractivity (Wildman–Crippen MR) is 60.1 cm³/mol. The molecular formula is C10H15NO2S. The van der Waals surface area contributed by atoms with Crippen molar-refractivity contribution in [2.75, 3.05) is 18.1 Å². The first kappa shape index (κ1) is 11.4. The van der Waals surface area contributed by atoms with Crippen LogP contribution in [0.5, 0.6) is 0 Å². The van der Waals surface area contributed by atoms with Gasteiger partial charge in [-0.1, -0.05) is 18.2 Å². The van der Waals surface area contributed by atoms with Gasteiger partial charge in [-0.05, 0) is 11.6 Å². The summed E-state index contributed by atoms with van der Waals surface area (Å²) in [5.74, 6) is 1.30. The summed E-state index contributed by atoms with van der Waals surface area (Å²) in [6, 6.07) is 7.66. The minimum Gasteiger partial charge on any atom is -0.398 e. The summed E-state index contributed by atoms with van der Waals surface area (Å²) in [7, 11) is 0. The van der Waals surface area contributed by atoms with Crippen molar-refractivity contribution in [2.45, 2.75) is 11.9 Å². The van der Waals surface area contributed by atoms with Crippen LogP contribution in [0, 0.1) is 0 Å². The molecule has 0 saturated carbocycles. The normalized spacial score (nSPS) is 12.7. The Morgan fingerprint density at radius 2 is 2.07 bits per heavy atom. The highest BCUT2D eigenvalue weighted by molar-refractivity contribution is 7.98. The number of nitrogen functional groups attached to an aromatic ring is 1. The maximum absolute atomic E-state index is 9.10. The van der Waals surface area contributed by atoms with Gasteiger partial charge in [0.25, 0.3) is 0 Å². The Balaban J connectivity index is 2.35. The van der Waals surface area contributed by atoms with Gasteiger partial charge in [-0.15, -0.1) is 0 Å². The van der Waals surface area contributed by atoms with Gasteiger partial charge in [0.05, 0.1) is 12.7 Å². The first-order valence-electron chi connectivity index (χ1n) is 4.44. The number of benzene rings is 1. The van der Waals surface area contributed by atoms with Crippen LogP contribution in [-0.2, 0) is 5.75 Å². The zero-order valence-corrected chi connectivity index (χ0v) is 8.70. The molecule has 0 heterocycles. The average molecular weight is 213 g/mol. The summed E-state index contributed by atoms with van der Waals surface area (Å²) in [4.78, 5) is 0. The van der Waals surface area contributed by atoms with Crippen LogP contribution in [-0.4, -0.2) is 28.7 Å². The SMILES string of the molecule is Nc1ccccc1CSCC(O)CO. The van der Waals surface area contributed by atoms with Crippen LogP contribution in [0.4, 0.5) is 5.69 Å². The van der Waals surface area contributed by atoms with E-state index in [1.807, 2.05) is 24.3 Å². The van der Waals surface area contributed by atoms with Crippen molar-refractivity contribution >= 4 is 17.4 Å². The molecule has 0 aliphatic rings. The van der Waals surface area contributed by atoms with Crippen LogP contribution in [0.1, 0.15) is 5.56 Å². The molecule has 0 saturated heterocycles. The fraction of sp³-hybridized carbons (Fsp3) is 0.400.